The third kappa shape index (κ3) is 7.31. The summed E-state index contributed by atoms with van der Waals surface area (Å²) in [5, 5.41) is 0. The van der Waals surface area contributed by atoms with Crippen molar-refractivity contribution in [1.82, 2.24) is 0 Å². The van der Waals surface area contributed by atoms with Crippen LogP contribution >= 0.6 is 0 Å². The van der Waals surface area contributed by atoms with Gasteiger partial charge >= 0.3 is 5.97 Å². The van der Waals surface area contributed by atoms with Crippen LogP contribution in [0.3, 0.4) is 0 Å². The molecule has 4 nitrogen and oxygen atoms in total. The van der Waals surface area contributed by atoms with Crippen LogP contribution < -0.4 is 0 Å². The molecule has 1 atom stereocenters. The lowest BCUT2D eigenvalue weighted by molar-refractivity contribution is -0.152. The fourth-order valence-electron chi connectivity index (χ4n) is 0.989. The van der Waals surface area contributed by atoms with Crippen LogP contribution in [0.25, 0.3) is 0 Å². The lowest BCUT2D eigenvalue weighted by Crippen LogP contribution is -2.22. The molecule has 0 amide bonds. The largest absolute Gasteiger partial charge is 0.464 e. The van der Waals surface area contributed by atoms with E-state index >= 15 is 0 Å². The normalized spacial score (nSPS) is 11.8. The molecule has 0 saturated carbocycles. The molecule has 0 saturated heterocycles. The van der Waals surface area contributed by atoms with Crippen molar-refractivity contribution in [3.63, 3.8) is 0 Å². The molecule has 0 aliphatic heterocycles. The van der Waals surface area contributed by atoms with Crippen molar-refractivity contribution in [2.45, 2.75) is 39.2 Å². The molecular weight excluding hydrogens is 172 g/mol. The first kappa shape index (κ1) is 11.9. The molecule has 4 heteroatoms. The van der Waals surface area contributed by atoms with E-state index in [1.54, 1.807) is 0 Å². The Morgan fingerprint density at radius 1 is 1.54 bits per heavy atom. The minimum Gasteiger partial charge on any atom is -0.464 e. The SMILES string of the molecule is CCCCC(COC=O)OC(C)=O. The molecule has 0 aliphatic rings. The van der Waals surface area contributed by atoms with Gasteiger partial charge in [0, 0.05) is 6.92 Å². The number of rotatable bonds is 7. The summed E-state index contributed by atoms with van der Waals surface area (Å²) in [6, 6.07) is 0. The van der Waals surface area contributed by atoms with Crippen LogP contribution in [-0.4, -0.2) is 25.2 Å². The Morgan fingerprint density at radius 3 is 2.69 bits per heavy atom. The number of ether oxygens (including phenoxy) is 2. The van der Waals surface area contributed by atoms with E-state index in [4.69, 9.17) is 4.74 Å². The van der Waals surface area contributed by atoms with E-state index in [0.717, 1.165) is 19.3 Å². The topological polar surface area (TPSA) is 52.6 Å². The highest BCUT2D eigenvalue weighted by Gasteiger charge is 2.11. The number of carbonyl (C=O) groups is 2. The molecule has 76 valence electrons. The van der Waals surface area contributed by atoms with Gasteiger partial charge in [0.05, 0.1) is 0 Å². The average molecular weight is 188 g/mol. The highest BCUT2D eigenvalue weighted by molar-refractivity contribution is 5.66. The molecule has 0 aromatic heterocycles. The summed E-state index contributed by atoms with van der Waals surface area (Å²) in [5.74, 6) is -0.337. The number of hydrogen-bond acceptors (Lipinski definition) is 4. The van der Waals surface area contributed by atoms with Crippen molar-refractivity contribution in [3.8, 4) is 0 Å². The second-order valence-electron chi connectivity index (χ2n) is 2.80. The van der Waals surface area contributed by atoms with Gasteiger partial charge in [0.15, 0.2) is 0 Å². The fourth-order valence-corrected chi connectivity index (χ4v) is 0.989. The minimum atomic E-state index is -0.337. The maximum atomic E-state index is 10.6. The minimum absolute atomic E-state index is 0.156. The van der Waals surface area contributed by atoms with Crippen LogP contribution in [0, 0.1) is 0 Å². The monoisotopic (exact) mass is 188 g/mol. The molecule has 0 fully saturated rings. The number of esters is 1. The first-order valence-electron chi connectivity index (χ1n) is 4.43. The summed E-state index contributed by atoms with van der Waals surface area (Å²) in [4.78, 5) is 20.5. The first-order chi connectivity index (χ1) is 6.20. The maximum absolute atomic E-state index is 10.6. The predicted molar refractivity (Wildman–Crippen MR) is 47.1 cm³/mol. The molecule has 0 N–H and O–H groups in total. The van der Waals surface area contributed by atoms with E-state index in [-0.39, 0.29) is 18.7 Å². The zero-order valence-electron chi connectivity index (χ0n) is 8.12. The second kappa shape index (κ2) is 7.58. The molecule has 0 aliphatic carbocycles. The van der Waals surface area contributed by atoms with Gasteiger partial charge in [-0.2, -0.15) is 0 Å². The Bertz CT molecular complexity index is 156. The van der Waals surface area contributed by atoms with Crippen LogP contribution in [0.2, 0.25) is 0 Å². The van der Waals surface area contributed by atoms with Crippen LogP contribution in [-0.2, 0) is 19.1 Å². The Hall–Kier alpha value is -1.06. The van der Waals surface area contributed by atoms with Gasteiger partial charge in [-0.3, -0.25) is 9.59 Å². The Kier molecular flexibility index (Phi) is 6.96. The predicted octanol–water partition coefficient (Wildman–Crippen LogP) is 1.28. The van der Waals surface area contributed by atoms with Crippen molar-refractivity contribution < 1.29 is 19.1 Å². The van der Waals surface area contributed by atoms with Crippen molar-refractivity contribution >= 4 is 12.4 Å². The highest BCUT2D eigenvalue weighted by atomic mass is 16.6. The van der Waals surface area contributed by atoms with Crippen LogP contribution in [0.1, 0.15) is 33.1 Å². The molecule has 1 unspecified atom stereocenters. The Morgan fingerprint density at radius 2 is 2.23 bits per heavy atom. The number of carbonyl (C=O) groups excluding carboxylic acids is 2. The van der Waals surface area contributed by atoms with Crippen LogP contribution in [0.5, 0.6) is 0 Å². The summed E-state index contributed by atoms with van der Waals surface area (Å²) in [6.45, 7) is 3.91. The van der Waals surface area contributed by atoms with Crippen molar-refractivity contribution in [2.24, 2.45) is 0 Å². The van der Waals surface area contributed by atoms with Crippen LogP contribution in [0.15, 0.2) is 0 Å². The van der Waals surface area contributed by atoms with Gasteiger partial charge in [-0.1, -0.05) is 13.3 Å². The van der Waals surface area contributed by atoms with Gasteiger partial charge in [-0.25, -0.2) is 0 Å². The number of unbranched alkanes of at least 4 members (excludes halogenated alkanes) is 1. The van der Waals surface area contributed by atoms with E-state index in [0.29, 0.717) is 6.47 Å². The van der Waals surface area contributed by atoms with Gasteiger partial charge < -0.3 is 9.47 Å². The standard InChI is InChI=1S/C9H16O4/c1-3-4-5-9(6-12-7-10)13-8(2)11/h7,9H,3-6H2,1-2H3. The zero-order chi connectivity index (χ0) is 10.1. The van der Waals surface area contributed by atoms with E-state index in [1.807, 2.05) is 6.92 Å². The summed E-state index contributed by atoms with van der Waals surface area (Å²) in [7, 11) is 0. The quantitative estimate of drug-likeness (QED) is 0.446. The lowest BCUT2D eigenvalue weighted by atomic mass is 10.2. The molecule has 0 aromatic rings. The summed E-state index contributed by atoms with van der Waals surface area (Å²) in [5.41, 5.74) is 0. The van der Waals surface area contributed by atoms with E-state index in [9.17, 15) is 9.59 Å². The molecule has 0 spiro atoms. The fraction of sp³-hybridized carbons (Fsp3) is 0.778. The van der Waals surface area contributed by atoms with Gasteiger partial charge in [0.1, 0.15) is 12.7 Å². The summed E-state index contributed by atoms with van der Waals surface area (Å²) < 4.78 is 9.47. The van der Waals surface area contributed by atoms with Crippen molar-refractivity contribution in [1.29, 1.82) is 0 Å². The first-order valence-corrected chi connectivity index (χ1v) is 4.43. The summed E-state index contributed by atoms with van der Waals surface area (Å²) >= 11 is 0. The van der Waals surface area contributed by atoms with Gasteiger partial charge in [0.25, 0.3) is 6.47 Å². The molecule has 0 radical (unpaired) electrons. The maximum Gasteiger partial charge on any atom is 0.303 e. The van der Waals surface area contributed by atoms with Crippen molar-refractivity contribution in [3.05, 3.63) is 0 Å². The third-order valence-corrected chi connectivity index (χ3v) is 1.56. The average Bonchev–Trinajstić information content (AvgIpc) is 2.09. The Labute approximate surface area is 78.2 Å². The highest BCUT2D eigenvalue weighted by Crippen LogP contribution is 2.05. The third-order valence-electron chi connectivity index (χ3n) is 1.56. The molecule has 0 heterocycles. The van der Waals surface area contributed by atoms with Gasteiger partial charge in [0.2, 0.25) is 0 Å². The molecule has 0 aromatic carbocycles. The molecular formula is C9H16O4. The molecule has 0 rings (SSSR count). The van der Waals surface area contributed by atoms with E-state index < -0.39 is 0 Å². The summed E-state index contributed by atoms with van der Waals surface area (Å²) in [6.07, 6.45) is 2.44. The number of hydrogen-bond donors (Lipinski definition) is 0. The van der Waals surface area contributed by atoms with Gasteiger partial charge in [-0.15, -0.1) is 0 Å². The molecule has 0 bridgehead atoms. The van der Waals surface area contributed by atoms with Crippen molar-refractivity contribution in [2.75, 3.05) is 6.61 Å². The van der Waals surface area contributed by atoms with Crippen LogP contribution in [0.4, 0.5) is 0 Å². The lowest BCUT2D eigenvalue weighted by Gasteiger charge is -2.14. The van der Waals surface area contributed by atoms with E-state index in [2.05, 4.69) is 4.74 Å². The second-order valence-corrected chi connectivity index (χ2v) is 2.80. The Balaban J connectivity index is 3.72. The smallest absolute Gasteiger partial charge is 0.303 e. The van der Waals surface area contributed by atoms with E-state index in [1.165, 1.54) is 6.92 Å². The zero-order valence-corrected chi connectivity index (χ0v) is 8.12. The molecule has 13 heavy (non-hydrogen) atoms. The van der Waals surface area contributed by atoms with Gasteiger partial charge in [-0.05, 0) is 12.8 Å².